The van der Waals surface area contributed by atoms with Crippen LogP contribution in [0, 0.1) is 0 Å². The van der Waals surface area contributed by atoms with Crippen LogP contribution in [-0.2, 0) is 4.79 Å². The maximum atomic E-state index is 11.5. The molecule has 1 amide bonds. The summed E-state index contributed by atoms with van der Waals surface area (Å²) in [5.41, 5.74) is 0. The minimum atomic E-state index is -0.0684. The summed E-state index contributed by atoms with van der Waals surface area (Å²) in [6, 6.07) is 0.429. The molecule has 14 heavy (non-hydrogen) atoms. The van der Waals surface area contributed by atoms with Crippen LogP contribution in [0.2, 0.25) is 0 Å². The largest absolute Gasteiger partial charge is 0.355 e. The topological polar surface area (TPSA) is 41.1 Å². The number of carbonyl (C=O) groups is 1. The molecule has 0 radical (unpaired) electrons. The number of nitrogens with one attached hydrogen (secondary N) is 2. The third-order valence-corrected chi connectivity index (χ3v) is 3.91. The Kier molecular flexibility index (Phi) is 4.75. The van der Waals surface area contributed by atoms with Gasteiger partial charge in [-0.1, -0.05) is 6.92 Å². The lowest BCUT2D eigenvalue weighted by Crippen LogP contribution is -2.48. The second kappa shape index (κ2) is 5.61. The minimum Gasteiger partial charge on any atom is -0.355 e. The van der Waals surface area contributed by atoms with Crippen LogP contribution in [0.25, 0.3) is 0 Å². The predicted octanol–water partition coefficient (Wildman–Crippen LogP) is 0.995. The lowest BCUT2D eigenvalue weighted by molar-refractivity contribution is -0.122. The predicted molar refractivity (Wildman–Crippen MR) is 61.6 cm³/mol. The van der Waals surface area contributed by atoms with Gasteiger partial charge in [-0.3, -0.25) is 4.79 Å². The maximum Gasteiger partial charge on any atom is 0.236 e. The average Bonchev–Trinajstić information content (AvgIpc) is 2.52. The van der Waals surface area contributed by atoms with Gasteiger partial charge in [0, 0.05) is 17.8 Å². The molecule has 4 heteroatoms. The molecular formula is C10H20N2OS. The number of amides is 1. The molecule has 3 unspecified atom stereocenters. The third-order valence-electron chi connectivity index (χ3n) is 2.58. The van der Waals surface area contributed by atoms with Gasteiger partial charge >= 0.3 is 0 Å². The van der Waals surface area contributed by atoms with E-state index in [1.807, 2.05) is 25.6 Å². The molecular weight excluding hydrogens is 196 g/mol. The van der Waals surface area contributed by atoms with E-state index in [2.05, 4.69) is 17.6 Å². The van der Waals surface area contributed by atoms with Crippen LogP contribution in [0.15, 0.2) is 0 Å². The molecule has 1 heterocycles. The van der Waals surface area contributed by atoms with Crippen LogP contribution in [-0.4, -0.2) is 35.5 Å². The van der Waals surface area contributed by atoms with Crippen molar-refractivity contribution in [2.24, 2.45) is 0 Å². The van der Waals surface area contributed by atoms with Crippen molar-refractivity contribution in [2.75, 3.05) is 12.3 Å². The average molecular weight is 216 g/mol. The molecule has 3 atom stereocenters. The van der Waals surface area contributed by atoms with Crippen molar-refractivity contribution < 1.29 is 4.79 Å². The molecule has 2 N–H and O–H groups in total. The Labute approximate surface area is 90.4 Å². The molecule has 82 valence electrons. The van der Waals surface area contributed by atoms with E-state index < -0.39 is 0 Å². The summed E-state index contributed by atoms with van der Waals surface area (Å²) in [7, 11) is 0. The van der Waals surface area contributed by atoms with E-state index >= 15 is 0 Å². The van der Waals surface area contributed by atoms with E-state index in [-0.39, 0.29) is 11.9 Å². The van der Waals surface area contributed by atoms with Crippen LogP contribution in [0.3, 0.4) is 0 Å². The molecule has 1 aliphatic heterocycles. The van der Waals surface area contributed by atoms with Crippen molar-refractivity contribution >= 4 is 17.7 Å². The molecule has 0 bridgehead atoms. The van der Waals surface area contributed by atoms with E-state index in [1.54, 1.807) is 0 Å². The number of rotatable bonds is 4. The van der Waals surface area contributed by atoms with Gasteiger partial charge in [-0.25, -0.2) is 0 Å². The van der Waals surface area contributed by atoms with Crippen LogP contribution < -0.4 is 10.6 Å². The highest BCUT2D eigenvalue weighted by Gasteiger charge is 2.26. The third kappa shape index (κ3) is 3.17. The van der Waals surface area contributed by atoms with Gasteiger partial charge in [0.2, 0.25) is 5.91 Å². The Morgan fingerprint density at radius 3 is 2.86 bits per heavy atom. The van der Waals surface area contributed by atoms with Gasteiger partial charge in [0.25, 0.3) is 0 Å². The van der Waals surface area contributed by atoms with Gasteiger partial charge in [0.15, 0.2) is 0 Å². The second-order valence-electron chi connectivity index (χ2n) is 3.75. The summed E-state index contributed by atoms with van der Waals surface area (Å²) in [6.45, 7) is 6.80. The van der Waals surface area contributed by atoms with E-state index in [9.17, 15) is 4.79 Å². The fourth-order valence-electron chi connectivity index (χ4n) is 1.67. The van der Waals surface area contributed by atoms with Crippen LogP contribution in [0.1, 0.15) is 27.2 Å². The summed E-state index contributed by atoms with van der Waals surface area (Å²) in [4.78, 5) is 11.5. The fraction of sp³-hybridized carbons (Fsp3) is 0.900. The zero-order valence-electron chi connectivity index (χ0n) is 9.17. The second-order valence-corrected chi connectivity index (χ2v) is 5.24. The first-order valence-corrected chi connectivity index (χ1v) is 6.35. The van der Waals surface area contributed by atoms with Crippen LogP contribution >= 0.6 is 11.8 Å². The van der Waals surface area contributed by atoms with Crippen molar-refractivity contribution in [3.05, 3.63) is 0 Å². The molecule has 0 saturated carbocycles. The lowest BCUT2D eigenvalue weighted by Gasteiger charge is -2.21. The highest BCUT2D eigenvalue weighted by Crippen LogP contribution is 2.26. The number of carbonyl (C=O) groups excluding carboxylic acids is 1. The van der Waals surface area contributed by atoms with Crippen molar-refractivity contribution in [1.82, 2.24) is 10.6 Å². The summed E-state index contributed by atoms with van der Waals surface area (Å²) < 4.78 is 0. The molecule has 3 nitrogen and oxygen atoms in total. The van der Waals surface area contributed by atoms with Crippen LogP contribution in [0.4, 0.5) is 0 Å². The summed E-state index contributed by atoms with van der Waals surface area (Å²) in [5.74, 6) is 1.32. The Balaban J connectivity index is 2.32. The highest BCUT2D eigenvalue weighted by atomic mass is 32.2. The smallest absolute Gasteiger partial charge is 0.236 e. The molecule has 0 aromatic heterocycles. The number of thioether (sulfide) groups is 1. The molecule has 1 rings (SSSR count). The van der Waals surface area contributed by atoms with Gasteiger partial charge in [0.1, 0.15) is 0 Å². The zero-order valence-corrected chi connectivity index (χ0v) is 9.99. The lowest BCUT2D eigenvalue weighted by atomic mass is 10.1. The van der Waals surface area contributed by atoms with Gasteiger partial charge < -0.3 is 10.6 Å². The number of likely N-dealkylation sites (N-methyl/N-ethyl adjacent to an activating group) is 1. The Morgan fingerprint density at radius 2 is 2.36 bits per heavy atom. The van der Waals surface area contributed by atoms with Gasteiger partial charge in [-0.15, -0.1) is 0 Å². The molecule has 0 aromatic rings. The fourth-order valence-corrected chi connectivity index (χ4v) is 2.88. The van der Waals surface area contributed by atoms with Gasteiger partial charge in [0.05, 0.1) is 6.04 Å². The summed E-state index contributed by atoms with van der Waals surface area (Å²) in [6.07, 6.45) is 1.18. The van der Waals surface area contributed by atoms with Crippen LogP contribution in [0.5, 0.6) is 0 Å². The molecule has 1 aliphatic rings. The summed E-state index contributed by atoms with van der Waals surface area (Å²) >= 11 is 1.98. The maximum absolute atomic E-state index is 11.5. The molecule has 0 aliphatic carbocycles. The van der Waals surface area contributed by atoms with E-state index in [4.69, 9.17) is 0 Å². The van der Waals surface area contributed by atoms with Gasteiger partial charge in [-0.2, -0.15) is 11.8 Å². The first kappa shape index (κ1) is 11.9. The summed E-state index contributed by atoms with van der Waals surface area (Å²) in [5, 5.41) is 6.84. The molecule has 1 fully saturated rings. The quantitative estimate of drug-likeness (QED) is 0.736. The highest BCUT2D eigenvalue weighted by molar-refractivity contribution is 8.00. The van der Waals surface area contributed by atoms with Gasteiger partial charge in [-0.05, 0) is 26.0 Å². The van der Waals surface area contributed by atoms with Crippen molar-refractivity contribution in [1.29, 1.82) is 0 Å². The van der Waals surface area contributed by atoms with E-state index in [0.29, 0.717) is 17.8 Å². The first-order chi connectivity index (χ1) is 6.65. The zero-order chi connectivity index (χ0) is 10.6. The van der Waals surface area contributed by atoms with Crippen molar-refractivity contribution in [3.63, 3.8) is 0 Å². The molecule has 1 saturated heterocycles. The Hall–Kier alpha value is -0.220. The molecule has 0 spiro atoms. The number of hydrogen-bond donors (Lipinski definition) is 2. The minimum absolute atomic E-state index is 0.0684. The first-order valence-electron chi connectivity index (χ1n) is 5.30. The standard InChI is InChI=1S/C10H20N2OS/c1-4-11-10(13)7(2)12-9-5-6-14-8(9)3/h7-9,12H,4-6H2,1-3H3,(H,11,13). The van der Waals surface area contributed by atoms with E-state index in [0.717, 1.165) is 0 Å². The van der Waals surface area contributed by atoms with Crippen molar-refractivity contribution in [3.8, 4) is 0 Å². The van der Waals surface area contributed by atoms with Crippen molar-refractivity contribution in [2.45, 2.75) is 44.5 Å². The number of hydrogen-bond acceptors (Lipinski definition) is 3. The SMILES string of the molecule is CCNC(=O)C(C)NC1CCSC1C. The normalized spacial score (nSPS) is 28.8. The monoisotopic (exact) mass is 216 g/mol. The Bertz CT molecular complexity index is 199. The van der Waals surface area contributed by atoms with E-state index in [1.165, 1.54) is 12.2 Å². The Morgan fingerprint density at radius 1 is 1.64 bits per heavy atom. The molecule has 0 aromatic carbocycles.